The highest BCUT2D eigenvalue weighted by molar-refractivity contribution is 7.89. The second kappa shape index (κ2) is 7.39. The van der Waals surface area contributed by atoms with E-state index in [4.69, 9.17) is 0 Å². The summed E-state index contributed by atoms with van der Waals surface area (Å²) in [6.45, 7) is 2.14. The number of fused-ring (bicyclic) bond motifs is 3. The minimum atomic E-state index is -3.66. The molecule has 6 heteroatoms. The van der Waals surface area contributed by atoms with Crippen LogP contribution in [0, 0.1) is 6.92 Å². The van der Waals surface area contributed by atoms with E-state index in [9.17, 15) is 13.5 Å². The quantitative estimate of drug-likeness (QED) is 0.526. The van der Waals surface area contributed by atoms with Crippen LogP contribution >= 0.6 is 0 Å². The molecule has 0 amide bonds. The molecule has 0 fully saturated rings. The SMILES string of the molecule is Cc1ccc(S(=O)(=O)NCC(O)Cn2c3ccccc3c3ccccc32)cc1. The first-order valence-corrected chi connectivity index (χ1v) is 10.6. The standard InChI is InChI=1S/C22H22N2O3S/c1-16-10-12-18(13-11-16)28(26,27)23-14-17(25)15-24-21-8-4-2-6-19(21)20-7-3-5-9-22(20)24/h2-13,17,23,25H,14-15H2,1H3. The maximum atomic E-state index is 12.4. The van der Waals surface area contributed by atoms with Crippen molar-refractivity contribution in [3.8, 4) is 0 Å². The summed E-state index contributed by atoms with van der Waals surface area (Å²) in [5, 5.41) is 12.8. The molecular formula is C22H22N2O3S. The normalized spacial score (nSPS) is 13.2. The predicted molar refractivity (Wildman–Crippen MR) is 112 cm³/mol. The Labute approximate surface area is 164 Å². The maximum Gasteiger partial charge on any atom is 0.240 e. The van der Waals surface area contributed by atoms with Crippen LogP contribution in [0.2, 0.25) is 0 Å². The smallest absolute Gasteiger partial charge is 0.240 e. The lowest BCUT2D eigenvalue weighted by Crippen LogP contribution is -2.34. The Morgan fingerprint density at radius 1 is 0.893 bits per heavy atom. The Kier molecular flexibility index (Phi) is 4.93. The Morgan fingerprint density at radius 3 is 2.00 bits per heavy atom. The van der Waals surface area contributed by atoms with Gasteiger partial charge in [0.15, 0.2) is 0 Å². The molecule has 0 saturated heterocycles. The Bertz CT molecular complexity index is 1170. The summed E-state index contributed by atoms with van der Waals surface area (Å²) < 4.78 is 29.4. The molecule has 144 valence electrons. The largest absolute Gasteiger partial charge is 0.390 e. The van der Waals surface area contributed by atoms with Gasteiger partial charge in [-0.1, -0.05) is 54.1 Å². The molecule has 5 nitrogen and oxygen atoms in total. The monoisotopic (exact) mass is 394 g/mol. The molecule has 0 aliphatic heterocycles. The lowest BCUT2D eigenvalue weighted by Gasteiger charge is -2.15. The summed E-state index contributed by atoms with van der Waals surface area (Å²) in [7, 11) is -3.66. The van der Waals surface area contributed by atoms with Crippen LogP contribution in [0.3, 0.4) is 0 Å². The van der Waals surface area contributed by atoms with Crippen LogP contribution in [-0.2, 0) is 16.6 Å². The lowest BCUT2D eigenvalue weighted by atomic mass is 10.2. The number of hydrogen-bond acceptors (Lipinski definition) is 3. The minimum Gasteiger partial charge on any atom is -0.390 e. The predicted octanol–water partition coefficient (Wildman–Crippen LogP) is 3.44. The highest BCUT2D eigenvalue weighted by Crippen LogP contribution is 2.28. The van der Waals surface area contributed by atoms with Gasteiger partial charge in [0, 0.05) is 28.4 Å². The number of aliphatic hydroxyl groups excluding tert-OH is 1. The van der Waals surface area contributed by atoms with E-state index in [1.807, 2.05) is 47.9 Å². The molecule has 0 bridgehead atoms. The molecule has 1 atom stereocenters. The molecule has 4 aromatic rings. The highest BCUT2D eigenvalue weighted by Gasteiger charge is 2.17. The zero-order valence-electron chi connectivity index (χ0n) is 15.5. The molecule has 0 radical (unpaired) electrons. The van der Waals surface area contributed by atoms with Crippen LogP contribution in [0.25, 0.3) is 21.8 Å². The van der Waals surface area contributed by atoms with Gasteiger partial charge in [-0.2, -0.15) is 0 Å². The summed E-state index contributed by atoms with van der Waals surface area (Å²) in [4.78, 5) is 0.196. The van der Waals surface area contributed by atoms with Crippen LogP contribution < -0.4 is 4.72 Å². The van der Waals surface area contributed by atoms with E-state index in [0.29, 0.717) is 6.54 Å². The van der Waals surface area contributed by atoms with Crippen molar-refractivity contribution in [3.63, 3.8) is 0 Å². The molecule has 0 saturated carbocycles. The Hall–Kier alpha value is -2.67. The van der Waals surface area contributed by atoms with Crippen molar-refractivity contribution in [2.24, 2.45) is 0 Å². The van der Waals surface area contributed by atoms with Crippen molar-refractivity contribution in [1.29, 1.82) is 0 Å². The fraction of sp³-hybridized carbons (Fsp3) is 0.182. The third kappa shape index (κ3) is 3.54. The fourth-order valence-corrected chi connectivity index (χ4v) is 4.55. The third-order valence-corrected chi connectivity index (χ3v) is 6.35. The summed E-state index contributed by atoms with van der Waals surface area (Å²) in [5.74, 6) is 0. The first-order valence-electron chi connectivity index (χ1n) is 9.16. The average Bonchev–Trinajstić information content (AvgIpc) is 3.01. The van der Waals surface area contributed by atoms with Gasteiger partial charge in [0.1, 0.15) is 0 Å². The fourth-order valence-electron chi connectivity index (χ4n) is 3.48. The molecule has 4 rings (SSSR count). The molecule has 1 unspecified atom stereocenters. The van der Waals surface area contributed by atoms with Crippen molar-refractivity contribution in [1.82, 2.24) is 9.29 Å². The summed E-state index contributed by atoms with van der Waals surface area (Å²) >= 11 is 0. The molecule has 0 aliphatic rings. The van der Waals surface area contributed by atoms with Gasteiger partial charge in [-0.25, -0.2) is 13.1 Å². The number of para-hydroxylation sites is 2. The molecule has 1 heterocycles. The van der Waals surface area contributed by atoms with Gasteiger partial charge in [0.25, 0.3) is 0 Å². The van der Waals surface area contributed by atoms with Gasteiger partial charge < -0.3 is 9.67 Å². The number of nitrogens with one attached hydrogen (secondary N) is 1. The first-order chi connectivity index (χ1) is 13.5. The highest BCUT2D eigenvalue weighted by atomic mass is 32.2. The van der Waals surface area contributed by atoms with Crippen molar-refractivity contribution in [3.05, 3.63) is 78.4 Å². The van der Waals surface area contributed by atoms with Crippen LogP contribution in [0.4, 0.5) is 0 Å². The lowest BCUT2D eigenvalue weighted by molar-refractivity contribution is 0.161. The second-order valence-corrected chi connectivity index (χ2v) is 8.73. The first kappa shape index (κ1) is 18.7. The minimum absolute atomic E-state index is 0.0585. The van der Waals surface area contributed by atoms with E-state index in [2.05, 4.69) is 16.9 Å². The molecule has 0 spiro atoms. The summed E-state index contributed by atoms with van der Waals surface area (Å²) in [5.41, 5.74) is 3.03. The van der Waals surface area contributed by atoms with Crippen LogP contribution in [0.15, 0.2) is 77.7 Å². The third-order valence-electron chi connectivity index (χ3n) is 4.91. The van der Waals surface area contributed by atoms with Gasteiger partial charge in [-0.3, -0.25) is 0 Å². The van der Waals surface area contributed by atoms with Crippen molar-refractivity contribution in [2.45, 2.75) is 24.5 Å². The van der Waals surface area contributed by atoms with E-state index in [0.717, 1.165) is 27.4 Å². The van der Waals surface area contributed by atoms with Gasteiger partial charge in [-0.05, 0) is 31.2 Å². The number of aromatic nitrogens is 1. The molecule has 2 N–H and O–H groups in total. The summed E-state index contributed by atoms with van der Waals surface area (Å²) in [6, 6.07) is 22.7. The molecular weight excluding hydrogens is 372 g/mol. The average molecular weight is 394 g/mol. The number of benzene rings is 3. The number of rotatable bonds is 6. The molecule has 3 aromatic carbocycles. The Morgan fingerprint density at radius 2 is 1.43 bits per heavy atom. The van der Waals surface area contributed by atoms with Crippen molar-refractivity contribution in [2.75, 3.05) is 6.54 Å². The number of nitrogens with zero attached hydrogens (tertiary/aromatic N) is 1. The van der Waals surface area contributed by atoms with Crippen LogP contribution in [0.1, 0.15) is 5.56 Å². The van der Waals surface area contributed by atoms with Crippen LogP contribution in [0.5, 0.6) is 0 Å². The van der Waals surface area contributed by atoms with Gasteiger partial charge >= 0.3 is 0 Å². The topological polar surface area (TPSA) is 71.3 Å². The van der Waals surface area contributed by atoms with Crippen molar-refractivity contribution >= 4 is 31.8 Å². The van der Waals surface area contributed by atoms with Gasteiger partial charge in [0.05, 0.1) is 17.5 Å². The second-order valence-electron chi connectivity index (χ2n) is 6.96. The van der Waals surface area contributed by atoms with E-state index in [1.54, 1.807) is 24.3 Å². The number of aryl methyl sites for hydroxylation is 1. The van der Waals surface area contributed by atoms with Crippen LogP contribution in [-0.4, -0.2) is 30.7 Å². The summed E-state index contributed by atoms with van der Waals surface area (Å²) in [6.07, 6.45) is -0.862. The zero-order valence-corrected chi connectivity index (χ0v) is 16.4. The van der Waals surface area contributed by atoms with Crippen molar-refractivity contribution < 1.29 is 13.5 Å². The van der Waals surface area contributed by atoms with E-state index < -0.39 is 16.1 Å². The van der Waals surface area contributed by atoms with Gasteiger partial charge in [0.2, 0.25) is 10.0 Å². The Balaban J connectivity index is 1.55. The number of hydrogen-bond donors (Lipinski definition) is 2. The van der Waals surface area contributed by atoms with E-state index in [-0.39, 0.29) is 11.4 Å². The number of sulfonamides is 1. The number of aliphatic hydroxyl groups is 1. The molecule has 1 aromatic heterocycles. The molecule has 0 aliphatic carbocycles. The molecule has 28 heavy (non-hydrogen) atoms. The van der Waals surface area contributed by atoms with E-state index in [1.165, 1.54) is 0 Å². The van der Waals surface area contributed by atoms with E-state index >= 15 is 0 Å². The van der Waals surface area contributed by atoms with Gasteiger partial charge in [-0.15, -0.1) is 0 Å². The maximum absolute atomic E-state index is 12.4. The zero-order chi connectivity index (χ0) is 19.7.